The summed E-state index contributed by atoms with van der Waals surface area (Å²) in [4.78, 5) is 22.0. The predicted octanol–water partition coefficient (Wildman–Crippen LogP) is 1.97. The molecular formula is C13H16O4. The normalized spacial score (nSPS) is 11.7. The third-order valence-electron chi connectivity index (χ3n) is 2.51. The first kappa shape index (κ1) is 13.2. The number of hydrogen-bond acceptors (Lipinski definition) is 4. The maximum absolute atomic E-state index is 11.0. The molecule has 1 unspecified atom stereocenters. The monoisotopic (exact) mass is 236 g/mol. The number of Topliss-reactive ketones (excluding diaryl/α,β-unsaturated/α-hetero) is 1. The lowest BCUT2D eigenvalue weighted by molar-refractivity contribution is -0.119. The van der Waals surface area contributed by atoms with Crippen LogP contribution in [0.5, 0.6) is 11.5 Å². The summed E-state index contributed by atoms with van der Waals surface area (Å²) in [6.45, 7) is 1.47. The Labute approximate surface area is 101 Å². The largest absolute Gasteiger partial charge is 0.493 e. The lowest BCUT2D eigenvalue weighted by Gasteiger charge is -2.12. The summed E-state index contributed by atoms with van der Waals surface area (Å²) in [5.74, 6) is 0.716. The lowest BCUT2D eigenvalue weighted by atomic mass is 9.95. The van der Waals surface area contributed by atoms with Crippen LogP contribution in [0, 0.1) is 0 Å². The van der Waals surface area contributed by atoms with Gasteiger partial charge in [-0.2, -0.15) is 0 Å². The van der Waals surface area contributed by atoms with Gasteiger partial charge in [0.25, 0.3) is 0 Å². The number of hydrogen-bond donors (Lipinski definition) is 0. The minimum absolute atomic E-state index is 0.0168. The van der Waals surface area contributed by atoms with Crippen molar-refractivity contribution in [3.8, 4) is 11.5 Å². The molecule has 0 aliphatic rings. The van der Waals surface area contributed by atoms with E-state index in [0.717, 1.165) is 11.8 Å². The smallest absolute Gasteiger partial charge is 0.161 e. The fraction of sp³-hybridized carbons (Fsp3) is 0.385. The highest BCUT2D eigenvalue weighted by atomic mass is 16.5. The third kappa shape index (κ3) is 3.31. The number of carbonyl (C=O) groups is 2. The molecule has 0 saturated carbocycles. The molecule has 1 aromatic rings. The van der Waals surface area contributed by atoms with E-state index < -0.39 is 5.92 Å². The summed E-state index contributed by atoms with van der Waals surface area (Å²) in [5.41, 5.74) is 0.757. The molecule has 17 heavy (non-hydrogen) atoms. The molecule has 0 heterocycles. The van der Waals surface area contributed by atoms with Crippen molar-refractivity contribution in [1.29, 1.82) is 0 Å². The second-order valence-corrected chi connectivity index (χ2v) is 3.76. The Bertz CT molecular complexity index is 412. The van der Waals surface area contributed by atoms with Crippen molar-refractivity contribution in [2.45, 2.75) is 19.3 Å². The Hall–Kier alpha value is -1.84. The fourth-order valence-corrected chi connectivity index (χ4v) is 1.64. The average molecular weight is 236 g/mol. The van der Waals surface area contributed by atoms with Crippen LogP contribution in [0.25, 0.3) is 0 Å². The van der Waals surface area contributed by atoms with E-state index in [0.29, 0.717) is 11.5 Å². The van der Waals surface area contributed by atoms with Crippen molar-refractivity contribution in [3.05, 3.63) is 23.8 Å². The van der Waals surface area contributed by atoms with Crippen LogP contribution < -0.4 is 9.47 Å². The van der Waals surface area contributed by atoms with Gasteiger partial charge in [-0.3, -0.25) is 4.79 Å². The molecule has 1 aromatic carbocycles. The first-order chi connectivity index (χ1) is 8.12. The Kier molecular flexibility index (Phi) is 4.69. The molecule has 0 aromatic heterocycles. The SMILES string of the molecule is COc1ccc(C(C=O)CC(C)=O)cc1OC. The van der Waals surface area contributed by atoms with Gasteiger partial charge in [0.15, 0.2) is 11.5 Å². The zero-order valence-corrected chi connectivity index (χ0v) is 10.2. The van der Waals surface area contributed by atoms with E-state index in [1.54, 1.807) is 25.3 Å². The maximum Gasteiger partial charge on any atom is 0.161 e. The third-order valence-corrected chi connectivity index (χ3v) is 2.51. The molecule has 4 heteroatoms. The van der Waals surface area contributed by atoms with Crippen LogP contribution in [0.1, 0.15) is 24.8 Å². The van der Waals surface area contributed by atoms with Gasteiger partial charge in [-0.1, -0.05) is 6.07 Å². The van der Waals surface area contributed by atoms with Crippen LogP contribution in [-0.4, -0.2) is 26.3 Å². The molecular weight excluding hydrogens is 220 g/mol. The van der Waals surface area contributed by atoms with Gasteiger partial charge in [0, 0.05) is 12.3 Å². The topological polar surface area (TPSA) is 52.6 Å². The summed E-state index contributed by atoms with van der Waals surface area (Å²) < 4.78 is 10.3. The molecule has 0 spiro atoms. The van der Waals surface area contributed by atoms with Gasteiger partial charge in [-0.05, 0) is 24.6 Å². The van der Waals surface area contributed by atoms with Gasteiger partial charge in [-0.25, -0.2) is 0 Å². The molecule has 0 amide bonds. The molecule has 4 nitrogen and oxygen atoms in total. The van der Waals surface area contributed by atoms with Gasteiger partial charge in [0.05, 0.1) is 14.2 Å². The van der Waals surface area contributed by atoms with Crippen molar-refractivity contribution in [3.63, 3.8) is 0 Å². The first-order valence-electron chi connectivity index (χ1n) is 5.29. The summed E-state index contributed by atoms with van der Waals surface area (Å²) in [6.07, 6.45) is 0.988. The Balaban J connectivity index is 3.04. The van der Waals surface area contributed by atoms with Crippen molar-refractivity contribution in [2.24, 2.45) is 0 Å². The van der Waals surface area contributed by atoms with Gasteiger partial charge in [0.2, 0.25) is 0 Å². The highest BCUT2D eigenvalue weighted by molar-refractivity contribution is 5.81. The molecule has 1 atom stereocenters. The summed E-state index contributed by atoms with van der Waals surface area (Å²) >= 11 is 0. The van der Waals surface area contributed by atoms with E-state index in [2.05, 4.69) is 0 Å². The minimum atomic E-state index is -0.424. The van der Waals surface area contributed by atoms with Crippen LogP contribution in [-0.2, 0) is 9.59 Å². The van der Waals surface area contributed by atoms with Gasteiger partial charge in [0.1, 0.15) is 12.1 Å². The summed E-state index contributed by atoms with van der Waals surface area (Å²) in [7, 11) is 3.08. The molecule has 0 radical (unpaired) electrons. The van der Waals surface area contributed by atoms with Crippen molar-refractivity contribution in [2.75, 3.05) is 14.2 Å². The van der Waals surface area contributed by atoms with Gasteiger partial charge < -0.3 is 14.3 Å². The molecule has 0 aliphatic carbocycles. The zero-order valence-electron chi connectivity index (χ0n) is 10.2. The lowest BCUT2D eigenvalue weighted by Crippen LogP contribution is -2.06. The molecule has 0 fully saturated rings. The van der Waals surface area contributed by atoms with Gasteiger partial charge >= 0.3 is 0 Å². The van der Waals surface area contributed by atoms with Crippen molar-refractivity contribution in [1.82, 2.24) is 0 Å². The van der Waals surface area contributed by atoms with Gasteiger partial charge in [-0.15, -0.1) is 0 Å². The summed E-state index contributed by atoms with van der Waals surface area (Å²) in [6, 6.07) is 5.22. The number of carbonyl (C=O) groups excluding carboxylic acids is 2. The maximum atomic E-state index is 11.0. The van der Waals surface area contributed by atoms with E-state index in [-0.39, 0.29) is 12.2 Å². The second-order valence-electron chi connectivity index (χ2n) is 3.76. The molecule has 0 N–H and O–H groups in total. The van der Waals surface area contributed by atoms with Crippen LogP contribution >= 0.6 is 0 Å². The Morgan fingerprint density at radius 2 is 1.94 bits per heavy atom. The summed E-state index contributed by atoms with van der Waals surface area (Å²) in [5, 5.41) is 0. The fourth-order valence-electron chi connectivity index (χ4n) is 1.64. The van der Waals surface area contributed by atoms with E-state index in [1.807, 2.05) is 0 Å². The number of methoxy groups -OCH3 is 2. The van der Waals surface area contributed by atoms with E-state index in [4.69, 9.17) is 9.47 Å². The highest BCUT2D eigenvalue weighted by Crippen LogP contribution is 2.31. The van der Waals surface area contributed by atoms with E-state index in [1.165, 1.54) is 14.0 Å². The number of benzene rings is 1. The predicted molar refractivity (Wildman–Crippen MR) is 63.6 cm³/mol. The van der Waals surface area contributed by atoms with E-state index >= 15 is 0 Å². The zero-order chi connectivity index (χ0) is 12.8. The molecule has 0 aliphatic heterocycles. The minimum Gasteiger partial charge on any atom is -0.493 e. The van der Waals surface area contributed by atoms with Crippen LogP contribution in [0.4, 0.5) is 0 Å². The molecule has 92 valence electrons. The van der Waals surface area contributed by atoms with Crippen molar-refractivity contribution < 1.29 is 19.1 Å². The standard InChI is InChI=1S/C13H16O4/c1-9(15)6-11(8-14)10-4-5-12(16-2)13(7-10)17-3/h4-5,7-8,11H,6H2,1-3H3. The number of rotatable bonds is 6. The number of aldehydes is 1. The quantitative estimate of drug-likeness (QED) is 0.708. The van der Waals surface area contributed by atoms with Crippen LogP contribution in [0.2, 0.25) is 0 Å². The van der Waals surface area contributed by atoms with E-state index in [9.17, 15) is 9.59 Å². The Morgan fingerprint density at radius 1 is 1.29 bits per heavy atom. The van der Waals surface area contributed by atoms with Crippen molar-refractivity contribution >= 4 is 12.1 Å². The van der Waals surface area contributed by atoms with Crippen LogP contribution in [0.3, 0.4) is 0 Å². The first-order valence-corrected chi connectivity index (χ1v) is 5.29. The molecule has 1 rings (SSSR count). The number of ketones is 1. The number of ether oxygens (including phenoxy) is 2. The average Bonchev–Trinajstić information content (AvgIpc) is 2.34. The molecule has 0 saturated heterocycles. The molecule has 0 bridgehead atoms. The van der Waals surface area contributed by atoms with Crippen LogP contribution in [0.15, 0.2) is 18.2 Å². The highest BCUT2D eigenvalue weighted by Gasteiger charge is 2.15. The Morgan fingerprint density at radius 3 is 2.41 bits per heavy atom. The second kappa shape index (κ2) is 6.03.